The Morgan fingerprint density at radius 2 is 2.33 bits per heavy atom. The Morgan fingerprint density at radius 1 is 1.50 bits per heavy atom. The van der Waals surface area contributed by atoms with Gasteiger partial charge in [-0.15, -0.1) is 0 Å². The van der Waals surface area contributed by atoms with Gasteiger partial charge in [0.05, 0.1) is 6.54 Å². The van der Waals surface area contributed by atoms with Crippen LogP contribution in [0.2, 0.25) is 0 Å². The van der Waals surface area contributed by atoms with Gasteiger partial charge in [-0.2, -0.15) is 11.8 Å². The zero-order valence-electron chi connectivity index (χ0n) is 7.45. The molecule has 0 bridgehead atoms. The molecule has 0 aromatic heterocycles. The molecule has 2 heterocycles. The molecule has 2 rings (SSSR count). The molecule has 68 valence electrons. The number of hydrogen-bond donors (Lipinski definition) is 0. The number of likely N-dealkylation sites (tertiary alicyclic amines) is 1. The smallest absolute Gasteiger partial charge is 0.148 e. The number of ketones is 1. The molecule has 2 unspecified atom stereocenters. The summed E-state index contributed by atoms with van der Waals surface area (Å²) in [5, 5.41) is 0. The lowest BCUT2D eigenvalue weighted by molar-refractivity contribution is -0.117. The van der Waals surface area contributed by atoms with E-state index >= 15 is 0 Å². The van der Waals surface area contributed by atoms with Crippen molar-refractivity contribution in [1.82, 2.24) is 4.90 Å². The molecule has 2 aliphatic heterocycles. The fourth-order valence-electron chi connectivity index (χ4n) is 2.05. The first-order valence-corrected chi connectivity index (χ1v) is 5.76. The summed E-state index contributed by atoms with van der Waals surface area (Å²) in [5.41, 5.74) is 0. The fraction of sp³-hybridized carbons (Fsp3) is 0.889. The second kappa shape index (κ2) is 3.38. The second-order valence-corrected chi connectivity index (χ2v) is 4.92. The van der Waals surface area contributed by atoms with Gasteiger partial charge in [0.15, 0.2) is 0 Å². The van der Waals surface area contributed by atoms with E-state index in [1.54, 1.807) is 0 Å². The van der Waals surface area contributed by atoms with E-state index in [2.05, 4.69) is 11.8 Å². The number of hydrogen-bond acceptors (Lipinski definition) is 3. The van der Waals surface area contributed by atoms with Gasteiger partial charge in [-0.25, -0.2) is 0 Å². The molecule has 0 spiro atoms. The lowest BCUT2D eigenvalue weighted by Crippen LogP contribution is -2.37. The largest absolute Gasteiger partial charge is 0.298 e. The van der Waals surface area contributed by atoms with Crippen molar-refractivity contribution in [2.24, 2.45) is 5.92 Å². The molecular formula is C9H15NOS. The maximum Gasteiger partial charge on any atom is 0.148 e. The molecule has 2 aliphatic rings. The van der Waals surface area contributed by atoms with E-state index in [1.165, 1.54) is 11.5 Å². The number of carbonyl (C=O) groups is 1. The van der Waals surface area contributed by atoms with Crippen LogP contribution in [0.1, 0.15) is 13.3 Å². The van der Waals surface area contributed by atoms with Crippen molar-refractivity contribution in [3.8, 4) is 0 Å². The summed E-state index contributed by atoms with van der Waals surface area (Å²) in [6.45, 7) is 4.03. The highest BCUT2D eigenvalue weighted by molar-refractivity contribution is 7.99. The number of Topliss-reactive ketones (excluding diaryl/α,β-unsaturated/α-hetero) is 1. The van der Waals surface area contributed by atoms with Gasteiger partial charge in [-0.05, 0) is 11.7 Å². The first-order chi connectivity index (χ1) is 5.77. The van der Waals surface area contributed by atoms with Crippen molar-refractivity contribution >= 4 is 17.5 Å². The summed E-state index contributed by atoms with van der Waals surface area (Å²) in [5.74, 6) is 3.71. The van der Waals surface area contributed by atoms with Gasteiger partial charge in [-0.3, -0.25) is 9.69 Å². The molecule has 0 radical (unpaired) electrons. The molecule has 3 heteroatoms. The lowest BCUT2D eigenvalue weighted by atomic mass is 10.1. The Kier molecular flexibility index (Phi) is 2.42. The van der Waals surface area contributed by atoms with Crippen molar-refractivity contribution in [2.45, 2.75) is 19.4 Å². The minimum Gasteiger partial charge on any atom is -0.298 e. The van der Waals surface area contributed by atoms with Gasteiger partial charge < -0.3 is 0 Å². The normalized spacial score (nSPS) is 37.9. The molecule has 0 saturated carbocycles. The van der Waals surface area contributed by atoms with Crippen molar-refractivity contribution in [2.75, 3.05) is 24.6 Å². The zero-order valence-corrected chi connectivity index (χ0v) is 8.27. The van der Waals surface area contributed by atoms with E-state index in [0.717, 1.165) is 25.4 Å². The van der Waals surface area contributed by atoms with Gasteiger partial charge in [0.1, 0.15) is 5.78 Å². The Morgan fingerprint density at radius 3 is 2.83 bits per heavy atom. The van der Waals surface area contributed by atoms with E-state index < -0.39 is 0 Å². The van der Waals surface area contributed by atoms with Gasteiger partial charge in [0, 0.05) is 24.8 Å². The minimum atomic E-state index is 0.430. The van der Waals surface area contributed by atoms with Crippen LogP contribution in [-0.4, -0.2) is 41.3 Å². The number of thioether (sulfide) groups is 1. The number of carbonyl (C=O) groups excluding carboxylic acids is 1. The highest BCUT2D eigenvalue weighted by atomic mass is 32.2. The molecule has 2 saturated heterocycles. The molecular weight excluding hydrogens is 170 g/mol. The lowest BCUT2D eigenvalue weighted by Gasteiger charge is -2.25. The first kappa shape index (κ1) is 8.57. The van der Waals surface area contributed by atoms with Crippen LogP contribution in [0.25, 0.3) is 0 Å². The van der Waals surface area contributed by atoms with Crippen molar-refractivity contribution in [1.29, 1.82) is 0 Å². The SMILES string of the molecule is CC1CSCC1N1CCC(=O)C1. The zero-order chi connectivity index (χ0) is 8.55. The molecule has 2 atom stereocenters. The van der Waals surface area contributed by atoms with Gasteiger partial charge in [0.2, 0.25) is 0 Å². The van der Waals surface area contributed by atoms with Gasteiger partial charge in [-0.1, -0.05) is 6.92 Å². The fourth-order valence-corrected chi connectivity index (χ4v) is 3.56. The predicted molar refractivity (Wildman–Crippen MR) is 51.5 cm³/mol. The monoisotopic (exact) mass is 185 g/mol. The second-order valence-electron chi connectivity index (χ2n) is 3.84. The quantitative estimate of drug-likeness (QED) is 0.608. The third kappa shape index (κ3) is 1.52. The van der Waals surface area contributed by atoms with Gasteiger partial charge >= 0.3 is 0 Å². The van der Waals surface area contributed by atoms with Crippen LogP contribution >= 0.6 is 11.8 Å². The molecule has 2 fully saturated rings. The molecule has 0 aliphatic carbocycles. The average Bonchev–Trinajstić information content (AvgIpc) is 2.58. The van der Waals surface area contributed by atoms with Crippen LogP contribution in [-0.2, 0) is 4.79 Å². The molecule has 0 amide bonds. The van der Waals surface area contributed by atoms with E-state index in [0.29, 0.717) is 11.8 Å². The maximum atomic E-state index is 11.1. The maximum absolute atomic E-state index is 11.1. The van der Waals surface area contributed by atoms with Crippen LogP contribution in [0, 0.1) is 5.92 Å². The highest BCUT2D eigenvalue weighted by Gasteiger charge is 2.33. The highest BCUT2D eigenvalue weighted by Crippen LogP contribution is 2.29. The Labute approximate surface area is 77.7 Å². The third-order valence-electron chi connectivity index (χ3n) is 2.85. The summed E-state index contributed by atoms with van der Waals surface area (Å²) >= 11 is 2.03. The van der Waals surface area contributed by atoms with E-state index in [-0.39, 0.29) is 0 Å². The van der Waals surface area contributed by atoms with E-state index in [9.17, 15) is 4.79 Å². The van der Waals surface area contributed by atoms with E-state index in [4.69, 9.17) is 0 Å². The number of rotatable bonds is 1. The Hall–Kier alpha value is -0.0200. The standard InChI is InChI=1S/C9H15NOS/c1-7-5-12-6-9(7)10-3-2-8(11)4-10/h7,9H,2-6H2,1H3. The predicted octanol–water partition coefficient (Wildman–Crippen LogP) is 1.01. The topological polar surface area (TPSA) is 20.3 Å². The average molecular weight is 185 g/mol. The molecule has 0 aromatic carbocycles. The van der Waals surface area contributed by atoms with Crippen molar-refractivity contribution in [3.63, 3.8) is 0 Å². The summed E-state index contributed by atoms with van der Waals surface area (Å²) in [4.78, 5) is 13.4. The van der Waals surface area contributed by atoms with Crippen LogP contribution in [0.4, 0.5) is 0 Å². The van der Waals surface area contributed by atoms with Gasteiger partial charge in [0.25, 0.3) is 0 Å². The Bertz CT molecular complexity index is 195. The van der Waals surface area contributed by atoms with E-state index in [1.807, 2.05) is 11.8 Å². The van der Waals surface area contributed by atoms with Crippen LogP contribution in [0.5, 0.6) is 0 Å². The summed E-state index contributed by atoms with van der Waals surface area (Å²) in [6, 6.07) is 0.682. The molecule has 2 nitrogen and oxygen atoms in total. The van der Waals surface area contributed by atoms with Crippen LogP contribution in [0.15, 0.2) is 0 Å². The summed E-state index contributed by atoms with van der Waals surface area (Å²) < 4.78 is 0. The van der Waals surface area contributed by atoms with Crippen molar-refractivity contribution in [3.05, 3.63) is 0 Å². The van der Waals surface area contributed by atoms with Crippen molar-refractivity contribution < 1.29 is 4.79 Å². The first-order valence-electron chi connectivity index (χ1n) is 4.61. The van der Waals surface area contributed by atoms with Crippen LogP contribution < -0.4 is 0 Å². The summed E-state index contributed by atoms with van der Waals surface area (Å²) in [6.07, 6.45) is 0.786. The van der Waals surface area contributed by atoms with Crippen LogP contribution in [0.3, 0.4) is 0 Å². The molecule has 12 heavy (non-hydrogen) atoms. The third-order valence-corrected chi connectivity index (χ3v) is 4.19. The number of nitrogens with zero attached hydrogens (tertiary/aromatic N) is 1. The Balaban J connectivity index is 1.95. The molecule has 0 N–H and O–H groups in total. The summed E-state index contributed by atoms with van der Waals surface area (Å²) in [7, 11) is 0. The molecule has 0 aromatic rings. The minimum absolute atomic E-state index is 0.430.